The molecule has 0 atom stereocenters. The van der Waals surface area contributed by atoms with Gasteiger partial charge in [0, 0.05) is 17.0 Å². The number of aldehydes is 1. The van der Waals surface area contributed by atoms with Crippen molar-refractivity contribution in [3.63, 3.8) is 0 Å². The molecule has 1 aromatic carbocycles. The standard InChI is InChI=1S/C14H11ClF3NO/c1-8-6-10(7-20)9(2)19(8)13-11(14(16,17)18)4-3-5-12(13)15/h3-7H,1-2H3. The third kappa shape index (κ3) is 2.33. The van der Waals surface area contributed by atoms with Crippen LogP contribution in [0.5, 0.6) is 0 Å². The SMILES string of the molecule is Cc1cc(C=O)c(C)n1-c1c(Cl)cccc1C(F)(F)F. The first kappa shape index (κ1) is 14.7. The summed E-state index contributed by atoms with van der Waals surface area (Å²) in [5, 5.41) is -0.0147. The summed E-state index contributed by atoms with van der Waals surface area (Å²) >= 11 is 5.96. The molecule has 0 radical (unpaired) electrons. The maximum atomic E-state index is 13.1. The molecule has 0 N–H and O–H groups in total. The molecule has 1 aromatic heterocycles. The highest BCUT2D eigenvalue weighted by Crippen LogP contribution is 2.38. The first-order valence-electron chi connectivity index (χ1n) is 5.77. The van der Waals surface area contributed by atoms with Crippen LogP contribution in [0, 0.1) is 13.8 Å². The lowest BCUT2D eigenvalue weighted by Crippen LogP contribution is -2.13. The Kier molecular flexibility index (Phi) is 3.65. The van der Waals surface area contributed by atoms with Crippen LogP contribution in [0.4, 0.5) is 13.2 Å². The van der Waals surface area contributed by atoms with E-state index >= 15 is 0 Å². The van der Waals surface area contributed by atoms with Crippen molar-refractivity contribution in [3.8, 4) is 5.69 Å². The number of hydrogen-bond acceptors (Lipinski definition) is 1. The van der Waals surface area contributed by atoms with E-state index in [0.717, 1.165) is 6.07 Å². The van der Waals surface area contributed by atoms with Crippen molar-refractivity contribution in [2.75, 3.05) is 0 Å². The van der Waals surface area contributed by atoms with E-state index in [2.05, 4.69) is 0 Å². The van der Waals surface area contributed by atoms with E-state index in [9.17, 15) is 18.0 Å². The molecule has 2 aromatic rings. The van der Waals surface area contributed by atoms with E-state index in [1.165, 1.54) is 22.8 Å². The lowest BCUT2D eigenvalue weighted by molar-refractivity contribution is -0.137. The molecule has 1 heterocycles. The van der Waals surface area contributed by atoms with Gasteiger partial charge in [-0.15, -0.1) is 0 Å². The van der Waals surface area contributed by atoms with Gasteiger partial charge in [0.25, 0.3) is 0 Å². The number of halogens is 4. The maximum absolute atomic E-state index is 13.1. The van der Waals surface area contributed by atoms with Gasteiger partial charge in [0.2, 0.25) is 0 Å². The van der Waals surface area contributed by atoms with Gasteiger partial charge < -0.3 is 4.57 Å². The molecule has 0 spiro atoms. The number of para-hydroxylation sites is 1. The molecule has 20 heavy (non-hydrogen) atoms. The number of carbonyl (C=O) groups is 1. The number of hydrogen-bond donors (Lipinski definition) is 0. The fourth-order valence-corrected chi connectivity index (χ4v) is 2.48. The van der Waals surface area contributed by atoms with Crippen molar-refractivity contribution >= 4 is 17.9 Å². The molecule has 0 unspecified atom stereocenters. The molecule has 0 saturated heterocycles. The summed E-state index contributed by atoms with van der Waals surface area (Å²) in [4.78, 5) is 10.9. The molecule has 2 rings (SSSR count). The van der Waals surface area contributed by atoms with Crippen molar-refractivity contribution in [2.45, 2.75) is 20.0 Å². The van der Waals surface area contributed by atoms with E-state index in [-0.39, 0.29) is 10.7 Å². The highest BCUT2D eigenvalue weighted by atomic mass is 35.5. The van der Waals surface area contributed by atoms with Crippen molar-refractivity contribution in [1.29, 1.82) is 0 Å². The van der Waals surface area contributed by atoms with E-state index in [0.29, 0.717) is 23.2 Å². The Labute approximate surface area is 118 Å². The Morgan fingerprint density at radius 3 is 2.40 bits per heavy atom. The van der Waals surface area contributed by atoms with Gasteiger partial charge >= 0.3 is 6.18 Å². The van der Waals surface area contributed by atoms with Gasteiger partial charge in [0.1, 0.15) is 0 Å². The van der Waals surface area contributed by atoms with E-state index in [4.69, 9.17) is 11.6 Å². The van der Waals surface area contributed by atoms with E-state index in [1.54, 1.807) is 13.8 Å². The van der Waals surface area contributed by atoms with Crippen LogP contribution in [0.3, 0.4) is 0 Å². The predicted octanol–water partition coefficient (Wildman–Crippen LogP) is 4.58. The number of nitrogens with zero attached hydrogens (tertiary/aromatic N) is 1. The minimum atomic E-state index is -4.52. The first-order valence-corrected chi connectivity index (χ1v) is 6.15. The fraction of sp³-hybridized carbons (Fsp3) is 0.214. The number of aromatic nitrogens is 1. The molecule has 0 amide bonds. The normalized spacial score (nSPS) is 11.7. The highest BCUT2D eigenvalue weighted by Gasteiger charge is 2.35. The number of carbonyl (C=O) groups excluding carboxylic acids is 1. The van der Waals surface area contributed by atoms with Crippen molar-refractivity contribution < 1.29 is 18.0 Å². The average molecular weight is 302 g/mol. The lowest BCUT2D eigenvalue weighted by Gasteiger charge is -2.18. The summed E-state index contributed by atoms with van der Waals surface area (Å²) < 4.78 is 40.7. The second-order valence-corrected chi connectivity index (χ2v) is 4.82. The van der Waals surface area contributed by atoms with Crippen molar-refractivity contribution in [3.05, 3.63) is 51.8 Å². The minimum Gasteiger partial charge on any atom is -0.316 e. The molecule has 2 nitrogen and oxygen atoms in total. The maximum Gasteiger partial charge on any atom is 0.418 e. The van der Waals surface area contributed by atoms with Crippen molar-refractivity contribution in [2.24, 2.45) is 0 Å². The monoisotopic (exact) mass is 301 g/mol. The zero-order valence-corrected chi connectivity index (χ0v) is 11.5. The lowest BCUT2D eigenvalue weighted by atomic mass is 10.1. The van der Waals surface area contributed by atoms with Gasteiger partial charge in [0.05, 0.1) is 16.3 Å². The van der Waals surface area contributed by atoms with Gasteiger partial charge in [-0.1, -0.05) is 17.7 Å². The van der Waals surface area contributed by atoms with E-state index in [1.807, 2.05) is 0 Å². The van der Waals surface area contributed by atoms with Gasteiger partial charge in [-0.3, -0.25) is 4.79 Å². The molecule has 0 aliphatic rings. The van der Waals surface area contributed by atoms with Crippen LogP contribution in [0.25, 0.3) is 5.69 Å². The zero-order chi connectivity index (χ0) is 15.1. The van der Waals surface area contributed by atoms with Gasteiger partial charge in [0.15, 0.2) is 6.29 Å². The highest BCUT2D eigenvalue weighted by molar-refractivity contribution is 6.32. The molecule has 6 heteroatoms. The number of aryl methyl sites for hydroxylation is 1. The fourth-order valence-electron chi connectivity index (χ4n) is 2.22. The molecule has 0 bridgehead atoms. The number of alkyl halides is 3. The average Bonchev–Trinajstić information content (AvgIpc) is 2.63. The third-order valence-corrected chi connectivity index (χ3v) is 3.42. The topological polar surface area (TPSA) is 22.0 Å². The van der Waals surface area contributed by atoms with Crippen LogP contribution in [-0.2, 0) is 6.18 Å². The summed E-state index contributed by atoms with van der Waals surface area (Å²) in [6.45, 7) is 3.21. The number of benzene rings is 1. The molecule has 106 valence electrons. The molecule has 0 aliphatic heterocycles. The van der Waals surface area contributed by atoms with Crippen LogP contribution >= 0.6 is 11.6 Å². The molecule has 0 fully saturated rings. The summed E-state index contributed by atoms with van der Waals surface area (Å²) in [5.41, 5.74) is 0.309. The molecule has 0 saturated carbocycles. The summed E-state index contributed by atoms with van der Waals surface area (Å²) in [7, 11) is 0. The summed E-state index contributed by atoms with van der Waals surface area (Å²) in [5.74, 6) is 0. The van der Waals surface area contributed by atoms with E-state index < -0.39 is 11.7 Å². The molecular formula is C14H11ClF3NO. The smallest absolute Gasteiger partial charge is 0.316 e. The second kappa shape index (κ2) is 4.98. The molecular weight excluding hydrogens is 291 g/mol. The number of rotatable bonds is 2. The van der Waals surface area contributed by atoms with Gasteiger partial charge in [-0.2, -0.15) is 13.2 Å². The summed E-state index contributed by atoms with van der Waals surface area (Å²) in [6.07, 6.45) is -3.91. The Morgan fingerprint density at radius 2 is 1.90 bits per heavy atom. The minimum absolute atomic E-state index is 0.0147. The Morgan fingerprint density at radius 1 is 1.25 bits per heavy atom. The Hall–Kier alpha value is -1.75. The largest absolute Gasteiger partial charge is 0.418 e. The molecule has 0 aliphatic carbocycles. The zero-order valence-electron chi connectivity index (χ0n) is 10.8. The van der Waals surface area contributed by atoms with Crippen LogP contribution in [0.2, 0.25) is 5.02 Å². The van der Waals surface area contributed by atoms with Gasteiger partial charge in [-0.05, 0) is 32.0 Å². The Bertz CT molecular complexity index is 674. The predicted molar refractivity (Wildman–Crippen MR) is 70.6 cm³/mol. The summed E-state index contributed by atoms with van der Waals surface area (Å²) in [6, 6.07) is 5.15. The van der Waals surface area contributed by atoms with Gasteiger partial charge in [-0.25, -0.2) is 0 Å². The third-order valence-electron chi connectivity index (χ3n) is 3.11. The Balaban J connectivity index is 2.83. The quantitative estimate of drug-likeness (QED) is 0.744. The van der Waals surface area contributed by atoms with Crippen LogP contribution < -0.4 is 0 Å². The first-order chi connectivity index (χ1) is 9.27. The van der Waals surface area contributed by atoms with Crippen molar-refractivity contribution in [1.82, 2.24) is 4.57 Å². The van der Waals surface area contributed by atoms with Crippen LogP contribution in [0.1, 0.15) is 27.3 Å². The van der Waals surface area contributed by atoms with Crippen LogP contribution in [0.15, 0.2) is 24.3 Å². The second-order valence-electron chi connectivity index (χ2n) is 4.41. The van der Waals surface area contributed by atoms with Crippen LogP contribution in [-0.4, -0.2) is 10.9 Å².